The number of amides is 1. The zero-order valence-electron chi connectivity index (χ0n) is 12.9. The maximum atomic E-state index is 11.4. The third kappa shape index (κ3) is 13.0. The highest BCUT2D eigenvalue weighted by Gasteiger charge is 2.15. The molecule has 0 fully saturated rings. The van der Waals surface area contributed by atoms with Crippen LogP contribution in [0.2, 0.25) is 0 Å². The summed E-state index contributed by atoms with van der Waals surface area (Å²) in [5.74, 6) is 0. The van der Waals surface area contributed by atoms with E-state index < -0.39 is 11.7 Å². The highest BCUT2D eigenvalue weighted by atomic mass is 16.6. The molecule has 0 bridgehead atoms. The molecule has 0 unspecified atom stereocenters. The predicted molar refractivity (Wildman–Crippen MR) is 81.3 cm³/mol. The van der Waals surface area contributed by atoms with Gasteiger partial charge in [0.2, 0.25) is 0 Å². The van der Waals surface area contributed by atoms with E-state index in [1.54, 1.807) is 0 Å². The average Bonchev–Trinajstić information content (AvgIpc) is 2.29. The van der Waals surface area contributed by atoms with Crippen molar-refractivity contribution in [2.45, 2.75) is 65.4 Å². The summed E-state index contributed by atoms with van der Waals surface area (Å²) in [6.45, 7) is 12.1. The predicted octanol–water partition coefficient (Wildman–Crippen LogP) is 4.59. The second kappa shape index (κ2) is 9.65. The number of allylic oxidation sites excluding steroid dienone is 1. The van der Waals surface area contributed by atoms with Gasteiger partial charge in [-0.15, -0.1) is 0 Å². The van der Waals surface area contributed by atoms with Crippen LogP contribution in [-0.4, -0.2) is 18.2 Å². The van der Waals surface area contributed by atoms with Crippen molar-refractivity contribution in [1.29, 1.82) is 0 Å². The SMILES string of the molecule is C=C(/C=C/CCCCCC)CNC(=O)OC(C)(C)C. The Balaban J connectivity index is 3.69. The summed E-state index contributed by atoms with van der Waals surface area (Å²) in [5.41, 5.74) is 0.432. The second-order valence-corrected chi connectivity index (χ2v) is 5.77. The number of hydrogen-bond acceptors (Lipinski definition) is 2. The smallest absolute Gasteiger partial charge is 0.407 e. The fourth-order valence-corrected chi connectivity index (χ4v) is 1.50. The molecule has 19 heavy (non-hydrogen) atoms. The Hall–Kier alpha value is -1.25. The average molecular weight is 267 g/mol. The summed E-state index contributed by atoms with van der Waals surface area (Å²) in [5, 5.41) is 2.69. The number of carbonyl (C=O) groups is 1. The van der Waals surface area contributed by atoms with Crippen LogP contribution in [0.3, 0.4) is 0 Å². The first-order valence-corrected chi connectivity index (χ1v) is 7.16. The minimum absolute atomic E-state index is 0.398. The van der Waals surface area contributed by atoms with Crippen LogP contribution in [0, 0.1) is 0 Å². The van der Waals surface area contributed by atoms with Crippen LogP contribution in [0.25, 0.3) is 0 Å². The number of alkyl carbamates (subject to hydrolysis) is 1. The second-order valence-electron chi connectivity index (χ2n) is 5.77. The van der Waals surface area contributed by atoms with Crippen LogP contribution in [0.15, 0.2) is 24.3 Å². The summed E-state index contributed by atoms with van der Waals surface area (Å²) in [6.07, 6.45) is 9.83. The molecule has 0 aliphatic rings. The number of ether oxygens (including phenoxy) is 1. The molecule has 0 aromatic carbocycles. The van der Waals surface area contributed by atoms with Gasteiger partial charge in [0.15, 0.2) is 0 Å². The first kappa shape index (κ1) is 17.8. The Bertz CT molecular complexity index is 300. The molecule has 0 aliphatic heterocycles. The third-order valence-electron chi connectivity index (χ3n) is 2.44. The van der Waals surface area contributed by atoms with Crippen molar-refractivity contribution in [1.82, 2.24) is 5.32 Å². The Morgan fingerprint density at radius 3 is 2.53 bits per heavy atom. The molecule has 0 heterocycles. The van der Waals surface area contributed by atoms with Crippen LogP contribution in [0.1, 0.15) is 59.8 Å². The molecule has 3 heteroatoms. The van der Waals surface area contributed by atoms with Crippen LogP contribution < -0.4 is 5.32 Å². The molecule has 110 valence electrons. The van der Waals surface area contributed by atoms with E-state index in [2.05, 4.69) is 24.9 Å². The van der Waals surface area contributed by atoms with Gasteiger partial charge in [0.25, 0.3) is 0 Å². The molecule has 0 rings (SSSR count). The standard InChI is InChI=1S/C16H29NO2/c1-6-7-8-9-10-11-12-14(2)13-17-15(18)19-16(3,4)5/h11-12H,2,6-10,13H2,1,3-5H3,(H,17,18)/b12-11+. The van der Waals surface area contributed by atoms with Crippen molar-refractivity contribution in [3.8, 4) is 0 Å². The van der Waals surface area contributed by atoms with Gasteiger partial charge in [-0.1, -0.05) is 44.9 Å². The molecule has 0 aliphatic carbocycles. The Morgan fingerprint density at radius 2 is 1.95 bits per heavy atom. The maximum absolute atomic E-state index is 11.4. The molecule has 0 atom stereocenters. The minimum atomic E-state index is -0.458. The van der Waals surface area contributed by atoms with Gasteiger partial charge >= 0.3 is 6.09 Å². The van der Waals surface area contributed by atoms with E-state index in [1.807, 2.05) is 26.8 Å². The molecular formula is C16H29NO2. The quantitative estimate of drug-likeness (QED) is 0.516. The lowest BCUT2D eigenvalue weighted by atomic mass is 10.1. The molecular weight excluding hydrogens is 238 g/mol. The number of carbonyl (C=O) groups excluding carboxylic acids is 1. The van der Waals surface area contributed by atoms with Gasteiger partial charge in [-0.3, -0.25) is 0 Å². The van der Waals surface area contributed by atoms with E-state index in [9.17, 15) is 4.79 Å². The van der Waals surface area contributed by atoms with Crippen LogP contribution in [0.4, 0.5) is 4.79 Å². The Labute approximate surface area is 118 Å². The number of hydrogen-bond donors (Lipinski definition) is 1. The molecule has 0 saturated heterocycles. The number of nitrogens with one attached hydrogen (secondary N) is 1. The topological polar surface area (TPSA) is 38.3 Å². The fourth-order valence-electron chi connectivity index (χ4n) is 1.50. The van der Waals surface area contributed by atoms with Gasteiger partial charge in [-0.25, -0.2) is 4.79 Å². The summed E-state index contributed by atoms with van der Waals surface area (Å²) < 4.78 is 5.14. The third-order valence-corrected chi connectivity index (χ3v) is 2.44. The largest absolute Gasteiger partial charge is 0.444 e. The van der Waals surface area contributed by atoms with E-state index >= 15 is 0 Å². The summed E-state index contributed by atoms with van der Waals surface area (Å²) in [4.78, 5) is 11.4. The maximum Gasteiger partial charge on any atom is 0.407 e. The molecule has 0 radical (unpaired) electrons. The van der Waals surface area contributed by atoms with Crippen molar-refractivity contribution in [2.24, 2.45) is 0 Å². The molecule has 0 spiro atoms. The van der Waals surface area contributed by atoms with E-state index in [-0.39, 0.29) is 0 Å². The van der Waals surface area contributed by atoms with Gasteiger partial charge in [-0.2, -0.15) is 0 Å². The molecule has 1 N–H and O–H groups in total. The number of rotatable bonds is 8. The van der Waals surface area contributed by atoms with Crippen molar-refractivity contribution in [2.75, 3.05) is 6.54 Å². The molecule has 0 aromatic heterocycles. The van der Waals surface area contributed by atoms with Gasteiger partial charge in [-0.05, 0) is 39.2 Å². The Kier molecular flexibility index (Phi) is 9.02. The summed E-state index contributed by atoms with van der Waals surface area (Å²) in [7, 11) is 0. The Morgan fingerprint density at radius 1 is 1.26 bits per heavy atom. The lowest BCUT2D eigenvalue weighted by Crippen LogP contribution is -2.33. The van der Waals surface area contributed by atoms with E-state index in [1.165, 1.54) is 25.7 Å². The minimum Gasteiger partial charge on any atom is -0.444 e. The van der Waals surface area contributed by atoms with Crippen molar-refractivity contribution in [3.05, 3.63) is 24.3 Å². The first-order chi connectivity index (χ1) is 8.85. The van der Waals surface area contributed by atoms with Gasteiger partial charge in [0.05, 0.1) is 0 Å². The zero-order valence-corrected chi connectivity index (χ0v) is 12.9. The first-order valence-electron chi connectivity index (χ1n) is 7.16. The molecule has 1 amide bonds. The van der Waals surface area contributed by atoms with Crippen LogP contribution in [0.5, 0.6) is 0 Å². The van der Waals surface area contributed by atoms with Crippen molar-refractivity contribution < 1.29 is 9.53 Å². The lowest BCUT2D eigenvalue weighted by molar-refractivity contribution is 0.0533. The molecule has 3 nitrogen and oxygen atoms in total. The normalized spacial score (nSPS) is 11.6. The van der Waals surface area contributed by atoms with Crippen molar-refractivity contribution >= 4 is 6.09 Å². The van der Waals surface area contributed by atoms with Gasteiger partial charge in [0.1, 0.15) is 5.60 Å². The van der Waals surface area contributed by atoms with E-state index in [0.717, 1.165) is 12.0 Å². The molecule has 0 aromatic rings. The summed E-state index contributed by atoms with van der Waals surface area (Å²) in [6, 6.07) is 0. The molecule has 0 saturated carbocycles. The highest BCUT2D eigenvalue weighted by molar-refractivity contribution is 5.68. The zero-order chi connectivity index (χ0) is 14.7. The van der Waals surface area contributed by atoms with Gasteiger partial charge in [0, 0.05) is 6.54 Å². The van der Waals surface area contributed by atoms with E-state index in [0.29, 0.717) is 6.54 Å². The fraction of sp³-hybridized carbons (Fsp3) is 0.688. The van der Waals surface area contributed by atoms with Crippen molar-refractivity contribution in [3.63, 3.8) is 0 Å². The monoisotopic (exact) mass is 267 g/mol. The van der Waals surface area contributed by atoms with Crippen LogP contribution >= 0.6 is 0 Å². The summed E-state index contributed by atoms with van der Waals surface area (Å²) >= 11 is 0. The highest BCUT2D eigenvalue weighted by Crippen LogP contribution is 2.07. The lowest BCUT2D eigenvalue weighted by Gasteiger charge is -2.19. The number of unbranched alkanes of at least 4 members (excludes halogenated alkanes) is 4. The van der Waals surface area contributed by atoms with Crippen LogP contribution in [-0.2, 0) is 4.74 Å². The van der Waals surface area contributed by atoms with E-state index in [4.69, 9.17) is 4.74 Å². The van der Waals surface area contributed by atoms with Gasteiger partial charge < -0.3 is 10.1 Å².